The number of nitrogens with zero attached hydrogens (tertiary/aromatic N) is 2. The van der Waals surface area contributed by atoms with Crippen molar-refractivity contribution in [2.75, 3.05) is 19.5 Å². The summed E-state index contributed by atoms with van der Waals surface area (Å²) in [6.07, 6.45) is 1.66. The van der Waals surface area contributed by atoms with Gasteiger partial charge in [-0.05, 0) is 24.1 Å². The lowest BCUT2D eigenvalue weighted by molar-refractivity contribution is 0.392. The third-order valence-corrected chi connectivity index (χ3v) is 4.82. The first-order chi connectivity index (χ1) is 14.4. The van der Waals surface area contributed by atoms with Gasteiger partial charge in [0.25, 0.3) is 0 Å². The zero-order valence-electron chi connectivity index (χ0n) is 16.6. The Labute approximate surface area is 177 Å². The highest BCUT2D eigenvalue weighted by Gasteiger charge is 2.15. The van der Waals surface area contributed by atoms with Gasteiger partial charge in [0.15, 0.2) is 0 Å². The number of anilines is 2. The molecule has 9 heteroatoms. The minimum absolute atomic E-state index is 0.0534. The van der Waals surface area contributed by atoms with Gasteiger partial charge in [0.05, 0.1) is 31.5 Å². The molecular weight excluding hydrogens is 416 g/mol. The van der Waals surface area contributed by atoms with Gasteiger partial charge < -0.3 is 19.4 Å². The molecule has 0 saturated heterocycles. The smallest absolute Gasteiger partial charge is 0.310 e. The fourth-order valence-corrected chi connectivity index (χ4v) is 3.24. The van der Waals surface area contributed by atoms with Crippen molar-refractivity contribution in [2.24, 2.45) is 0 Å². The summed E-state index contributed by atoms with van der Waals surface area (Å²) in [5, 5.41) is 3.02. The predicted molar refractivity (Wildman–Crippen MR) is 111 cm³/mol. The van der Waals surface area contributed by atoms with E-state index in [1.807, 2.05) is 6.92 Å². The Bertz CT molecular complexity index is 1140. The second kappa shape index (κ2) is 9.13. The number of methoxy groups -OCH3 is 2. The summed E-state index contributed by atoms with van der Waals surface area (Å²) in [6.45, 7) is 2.05. The summed E-state index contributed by atoms with van der Waals surface area (Å²) < 4.78 is 39.6. The number of hydrogen-bond acceptors (Lipinski definition) is 5. The molecule has 0 aliphatic carbocycles. The molecule has 0 aliphatic heterocycles. The maximum atomic E-state index is 14.0. The van der Waals surface area contributed by atoms with Crippen molar-refractivity contribution in [3.8, 4) is 11.5 Å². The largest absolute Gasteiger partial charge is 0.497 e. The number of aromatic nitrogens is 2. The fraction of sp³-hybridized carbons (Fsp3) is 0.238. The van der Waals surface area contributed by atoms with E-state index in [4.69, 9.17) is 21.1 Å². The van der Waals surface area contributed by atoms with E-state index in [1.54, 1.807) is 19.2 Å². The van der Waals surface area contributed by atoms with Crippen LogP contribution in [0.2, 0.25) is 5.02 Å². The van der Waals surface area contributed by atoms with Crippen LogP contribution in [0.1, 0.15) is 18.1 Å². The van der Waals surface area contributed by atoms with E-state index in [0.29, 0.717) is 29.2 Å². The Balaban J connectivity index is 2.07. The highest BCUT2D eigenvalue weighted by atomic mass is 35.5. The van der Waals surface area contributed by atoms with Gasteiger partial charge >= 0.3 is 5.56 Å². The van der Waals surface area contributed by atoms with Crippen LogP contribution in [0.15, 0.2) is 41.3 Å². The Kier molecular flexibility index (Phi) is 6.56. The van der Waals surface area contributed by atoms with Gasteiger partial charge in [-0.15, -0.1) is 0 Å². The molecule has 158 valence electrons. The van der Waals surface area contributed by atoms with Gasteiger partial charge in [-0.1, -0.05) is 24.6 Å². The van der Waals surface area contributed by atoms with Crippen molar-refractivity contribution in [1.29, 1.82) is 0 Å². The highest BCUT2D eigenvalue weighted by molar-refractivity contribution is 6.30. The van der Waals surface area contributed by atoms with Crippen molar-refractivity contribution >= 4 is 23.2 Å². The Hall–Kier alpha value is -3.13. The van der Waals surface area contributed by atoms with Gasteiger partial charge in [0.2, 0.25) is 11.8 Å². The van der Waals surface area contributed by atoms with E-state index in [1.165, 1.54) is 29.9 Å². The molecule has 1 heterocycles. The third kappa shape index (κ3) is 4.54. The molecule has 3 rings (SSSR count). The minimum Gasteiger partial charge on any atom is -0.497 e. The molecule has 0 spiro atoms. The van der Waals surface area contributed by atoms with Crippen molar-refractivity contribution in [2.45, 2.75) is 19.9 Å². The summed E-state index contributed by atoms with van der Waals surface area (Å²) >= 11 is 5.85. The van der Waals surface area contributed by atoms with Crippen LogP contribution < -0.4 is 20.3 Å². The predicted octanol–water partition coefficient (Wildman–Crippen LogP) is 4.55. The van der Waals surface area contributed by atoms with Crippen LogP contribution in [0.4, 0.5) is 20.4 Å². The second-order valence-corrected chi connectivity index (χ2v) is 6.84. The maximum Gasteiger partial charge on any atom is 0.310 e. The summed E-state index contributed by atoms with van der Waals surface area (Å²) in [5.41, 5.74) is 1.03. The van der Waals surface area contributed by atoms with Crippen molar-refractivity contribution in [1.82, 2.24) is 9.55 Å². The molecule has 0 aliphatic rings. The van der Waals surface area contributed by atoms with Gasteiger partial charge in [-0.2, -0.15) is 9.37 Å². The molecule has 0 unspecified atom stereocenters. The van der Waals surface area contributed by atoms with E-state index >= 15 is 0 Å². The Morgan fingerprint density at radius 1 is 1.13 bits per heavy atom. The molecule has 0 saturated carbocycles. The number of ether oxygens (including phenoxy) is 2. The van der Waals surface area contributed by atoms with E-state index in [2.05, 4.69) is 10.3 Å². The third-order valence-electron chi connectivity index (χ3n) is 4.53. The lowest BCUT2D eigenvalue weighted by atomic mass is 10.1. The molecule has 0 fully saturated rings. The molecule has 1 N–H and O–H groups in total. The van der Waals surface area contributed by atoms with Crippen molar-refractivity contribution in [3.05, 3.63) is 74.7 Å². The molecule has 0 atom stereocenters. The van der Waals surface area contributed by atoms with Crippen LogP contribution in [0.3, 0.4) is 0 Å². The highest BCUT2D eigenvalue weighted by Crippen LogP contribution is 2.34. The normalized spacial score (nSPS) is 10.7. The molecule has 0 bridgehead atoms. The Morgan fingerprint density at radius 3 is 2.53 bits per heavy atom. The molecule has 1 aromatic heterocycles. The minimum atomic E-state index is -1.01. The van der Waals surface area contributed by atoms with E-state index < -0.39 is 17.2 Å². The molecule has 3 aromatic rings. The molecular formula is C21H20ClF2N3O3. The standard InChI is InChI=1S/C21H20ClF2N3O3/c1-4-14-18(8-13(29-2)9-19(14)30-3)25-21-26-20(28)17(24)11-27(21)10-12-5-6-16(23)15(22)7-12/h5-9,11H,4,10H2,1-3H3,(H,25,26,28). The van der Waals surface area contributed by atoms with Crippen LogP contribution in [-0.4, -0.2) is 23.8 Å². The van der Waals surface area contributed by atoms with E-state index in [0.717, 1.165) is 11.8 Å². The zero-order valence-corrected chi connectivity index (χ0v) is 17.4. The summed E-state index contributed by atoms with van der Waals surface area (Å²) in [6, 6.07) is 7.65. The fourth-order valence-electron chi connectivity index (χ4n) is 3.04. The molecule has 0 amide bonds. The summed E-state index contributed by atoms with van der Waals surface area (Å²) in [4.78, 5) is 15.7. The van der Waals surface area contributed by atoms with Gasteiger partial charge in [0.1, 0.15) is 17.3 Å². The van der Waals surface area contributed by atoms with Gasteiger partial charge in [0, 0.05) is 23.9 Å². The maximum absolute atomic E-state index is 14.0. The zero-order chi connectivity index (χ0) is 21.8. The first kappa shape index (κ1) is 21.6. The number of hydrogen-bond donors (Lipinski definition) is 1. The first-order valence-electron chi connectivity index (χ1n) is 9.09. The van der Waals surface area contributed by atoms with Crippen LogP contribution in [0.5, 0.6) is 11.5 Å². The van der Waals surface area contributed by atoms with Crippen LogP contribution in [0, 0.1) is 11.6 Å². The second-order valence-electron chi connectivity index (χ2n) is 6.43. The first-order valence-corrected chi connectivity index (χ1v) is 9.46. The lowest BCUT2D eigenvalue weighted by Crippen LogP contribution is -2.20. The molecule has 2 aromatic carbocycles. The lowest BCUT2D eigenvalue weighted by Gasteiger charge is -2.18. The van der Waals surface area contributed by atoms with Crippen LogP contribution in [0.25, 0.3) is 0 Å². The van der Waals surface area contributed by atoms with E-state index in [-0.39, 0.29) is 17.5 Å². The van der Waals surface area contributed by atoms with E-state index in [9.17, 15) is 13.6 Å². The van der Waals surface area contributed by atoms with Crippen LogP contribution >= 0.6 is 11.6 Å². The van der Waals surface area contributed by atoms with Gasteiger partial charge in [-0.25, -0.2) is 4.39 Å². The average molecular weight is 436 g/mol. The quantitative estimate of drug-likeness (QED) is 0.590. The van der Waals surface area contributed by atoms with Crippen molar-refractivity contribution in [3.63, 3.8) is 0 Å². The molecule has 30 heavy (non-hydrogen) atoms. The number of nitrogens with one attached hydrogen (secondary N) is 1. The topological polar surface area (TPSA) is 65.4 Å². The number of halogens is 3. The van der Waals surface area contributed by atoms with Crippen LogP contribution in [-0.2, 0) is 13.0 Å². The Morgan fingerprint density at radius 2 is 1.90 bits per heavy atom. The summed E-state index contributed by atoms with van der Waals surface area (Å²) in [7, 11) is 3.07. The SMILES string of the molecule is CCc1c(Nc2nc(=O)c(F)cn2Cc2ccc(F)c(Cl)c2)cc(OC)cc1OC. The molecule has 0 radical (unpaired) electrons. The molecule has 6 nitrogen and oxygen atoms in total. The summed E-state index contributed by atoms with van der Waals surface area (Å²) in [5.74, 6) is -0.327. The monoisotopic (exact) mass is 435 g/mol. The average Bonchev–Trinajstić information content (AvgIpc) is 2.73. The number of rotatable bonds is 7. The number of benzene rings is 2. The van der Waals surface area contributed by atoms with Crippen molar-refractivity contribution < 1.29 is 18.3 Å². The van der Waals surface area contributed by atoms with Gasteiger partial charge in [-0.3, -0.25) is 4.79 Å².